The molecule has 2 amide bonds. The fourth-order valence-electron chi connectivity index (χ4n) is 2.10. The molecule has 0 aromatic heterocycles. The van der Waals surface area contributed by atoms with Gasteiger partial charge in [0.2, 0.25) is 11.8 Å². The standard InChI is InChI=1S/C7H14N2O3.C7H13NO3/c10-5-7(11)8-6-9-1-3-12-4-2-9;9-5-7(10)8-4-6-2-1-3-11-6/h10H,1-6H2,(H,8,11);6,9H,1-5H2,(H,8,10). The van der Waals surface area contributed by atoms with Gasteiger partial charge in [0.05, 0.1) is 26.0 Å². The Labute approximate surface area is 135 Å². The van der Waals surface area contributed by atoms with E-state index < -0.39 is 13.2 Å². The van der Waals surface area contributed by atoms with Crippen molar-refractivity contribution in [2.45, 2.75) is 18.9 Å². The van der Waals surface area contributed by atoms with Gasteiger partial charge in [-0.1, -0.05) is 0 Å². The quantitative estimate of drug-likeness (QED) is 0.430. The van der Waals surface area contributed by atoms with Crippen molar-refractivity contribution < 1.29 is 29.3 Å². The molecular weight excluding hydrogens is 306 g/mol. The van der Waals surface area contributed by atoms with Crippen LogP contribution in [0, 0.1) is 0 Å². The number of carbonyl (C=O) groups excluding carboxylic acids is 2. The Hall–Kier alpha value is -1.26. The molecule has 9 nitrogen and oxygen atoms in total. The normalized spacial score (nSPS) is 21.2. The molecule has 2 aliphatic rings. The molecule has 0 bridgehead atoms. The van der Waals surface area contributed by atoms with E-state index in [4.69, 9.17) is 19.7 Å². The largest absolute Gasteiger partial charge is 0.387 e. The van der Waals surface area contributed by atoms with Crippen molar-refractivity contribution in [3.8, 4) is 0 Å². The van der Waals surface area contributed by atoms with Crippen molar-refractivity contribution in [2.24, 2.45) is 0 Å². The lowest BCUT2D eigenvalue weighted by Gasteiger charge is -2.26. The summed E-state index contributed by atoms with van der Waals surface area (Å²) in [6.45, 7) is 4.06. The first-order chi connectivity index (χ1) is 11.2. The first-order valence-electron chi connectivity index (χ1n) is 7.82. The summed E-state index contributed by atoms with van der Waals surface area (Å²) in [4.78, 5) is 23.3. The molecule has 2 saturated heterocycles. The fourth-order valence-corrected chi connectivity index (χ4v) is 2.10. The molecule has 2 heterocycles. The van der Waals surface area contributed by atoms with Gasteiger partial charge in [0.15, 0.2) is 0 Å². The molecule has 0 aromatic rings. The number of ether oxygens (including phenoxy) is 2. The highest BCUT2D eigenvalue weighted by atomic mass is 16.5. The van der Waals surface area contributed by atoms with Crippen LogP contribution >= 0.6 is 0 Å². The zero-order valence-electron chi connectivity index (χ0n) is 13.3. The molecule has 1 atom stereocenters. The fraction of sp³-hybridized carbons (Fsp3) is 0.857. The number of aliphatic hydroxyl groups excluding tert-OH is 2. The number of rotatable bonds is 6. The first-order valence-corrected chi connectivity index (χ1v) is 7.82. The van der Waals surface area contributed by atoms with Gasteiger partial charge in [0.1, 0.15) is 13.2 Å². The van der Waals surface area contributed by atoms with Crippen molar-refractivity contribution in [1.82, 2.24) is 15.5 Å². The van der Waals surface area contributed by atoms with E-state index in [9.17, 15) is 9.59 Å². The smallest absolute Gasteiger partial charge is 0.246 e. The van der Waals surface area contributed by atoms with Gasteiger partial charge in [-0.2, -0.15) is 0 Å². The second kappa shape index (κ2) is 12.2. The maximum Gasteiger partial charge on any atom is 0.246 e. The molecule has 0 saturated carbocycles. The lowest BCUT2D eigenvalue weighted by molar-refractivity contribution is -0.125. The molecule has 9 heteroatoms. The topological polar surface area (TPSA) is 120 Å². The highest BCUT2D eigenvalue weighted by Gasteiger charge is 2.15. The van der Waals surface area contributed by atoms with Crippen LogP contribution in [-0.2, 0) is 19.1 Å². The number of carbonyl (C=O) groups is 2. The number of nitrogens with one attached hydrogen (secondary N) is 2. The van der Waals surface area contributed by atoms with Crippen LogP contribution in [0.15, 0.2) is 0 Å². The van der Waals surface area contributed by atoms with E-state index in [2.05, 4.69) is 15.5 Å². The van der Waals surface area contributed by atoms with Crippen molar-refractivity contribution in [2.75, 3.05) is 59.3 Å². The molecule has 0 aromatic carbocycles. The van der Waals surface area contributed by atoms with Crippen molar-refractivity contribution in [3.63, 3.8) is 0 Å². The molecule has 23 heavy (non-hydrogen) atoms. The zero-order valence-corrected chi connectivity index (χ0v) is 13.3. The maximum absolute atomic E-state index is 10.6. The Morgan fingerprint density at radius 3 is 2.26 bits per heavy atom. The molecule has 2 aliphatic heterocycles. The van der Waals surface area contributed by atoms with Crippen LogP contribution < -0.4 is 10.6 Å². The molecule has 2 fully saturated rings. The minimum atomic E-state index is -0.440. The SMILES string of the molecule is O=C(CO)NCC1CCCO1.O=C(CO)NCN1CCOCC1. The maximum atomic E-state index is 10.6. The van der Waals surface area contributed by atoms with E-state index in [1.165, 1.54) is 0 Å². The highest BCUT2D eigenvalue weighted by molar-refractivity contribution is 5.77. The predicted molar refractivity (Wildman–Crippen MR) is 81.6 cm³/mol. The lowest BCUT2D eigenvalue weighted by Crippen LogP contribution is -2.44. The van der Waals surface area contributed by atoms with Gasteiger partial charge >= 0.3 is 0 Å². The molecule has 4 N–H and O–H groups in total. The second-order valence-electron chi connectivity index (χ2n) is 5.24. The average molecular weight is 333 g/mol. The van der Waals surface area contributed by atoms with Gasteiger partial charge in [0, 0.05) is 26.2 Å². The third-order valence-corrected chi connectivity index (χ3v) is 3.44. The molecule has 0 aliphatic carbocycles. The predicted octanol–water partition coefficient (Wildman–Crippen LogP) is -2.34. The second-order valence-corrected chi connectivity index (χ2v) is 5.24. The summed E-state index contributed by atoms with van der Waals surface area (Å²) in [6, 6.07) is 0. The van der Waals surface area contributed by atoms with E-state index in [1.54, 1.807) is 0 Å². The van der Waals surface area contributed by atoms with Crippen LogP contribution in [-0.4, -0.2) is 92.4 Å². The number of hydrogen-bond donors (Lipinski definition) is 4. The first kappa shape index (κ1) is 19.8. The average Bonchev–Trinajstić information content (AvgIpc) is 3.12. The highest BCUT2D eigenvalue weighted by Crippen LogP contribution is 2.10. The van der Waals surface area contributed by atoms with Gasteiger partial charge in [-0.05, 0) is 12.8 Å². The summed E-state index contributed by atoms with van der Waals surface area (Å²) in [7, 11) is 0. The summed E-state index contributed by atoms with van der Waals surface area (Å²) >= 11 is 0. The van der Waals surface area contributed by atoms with E-state index in [0.29, 0.717) is 13.2 Å². The third kappa shape index (κ3) is 9.47. The Bertz CT molecular complexity index is 343. The van der Waals surface area contributed by atoms with E-state index >= 15 is 0 Å². The number of nitrogens with zero attached hydrogens (tertiary/aromatic N) is 1. The van der Waals surface area contributed by atoms with E-state index in [0.717, 1.165) is 45.8 Å². The number of amides is 2. The Morgan fingerprint density at radius 2 is 1.70 bits per heavy atom. The van der Waals surface area contributed by atoms with Crippen LogP contribution in [0.1, 0.15) is 12.8 Å². The summed E-state index contributed by atoms with van der Waals surface area (Å²) in [6.07, 6.45) is 2.23. The summed E-state index contributed by atoms with van der Waals surface area (Å²) < 4.78 is 10.4. The van der Waals surface area contributed by atoms with E-state index in [1.807, 2.05) is 0 Å². The molecule has 134 valence electrons. The van der Waals surface area contributed by atoms with E-state index in [-0.39, 0.29) is 17.9 Å². The third-order valence-electron chi connectivity index (χ3n) is 3.44. The van der Waals surface area contributed by atoms with Crippen molar-refractivity contribution in [1.29, 1.82) is 0 Å². The van der Waals surface area contributed by atoms with Crippen LogP contribution in [0.25, 0.3) is 0 Å². The van der Waals surface area contributed by atoms with Gasteiger partial charge in [0.25, 0.3) is 0 Å². The summed E-state index contributed by atoms with van der Waals surface area (Å²) in [5.74, 6) is -0.665. The van der Waals surface area contributed by atoms with Crippen molar-refractivity contribution in [3.05, 3.63) is 0 Å². The summed E-state index contributed by atoms with van der Waals surface area (Å²) in [5.41, 5.74) is 0. The van der Waals surface area contributed by atoms with Crippen LogP contribution in [0.3, 0.4) is 0 Å². The number of aliphatic hydroxyl groups is 2. The molecule has 2 rings (SSSR count). The number of morpholine rings is 1. The van der Waals surface area contributed by atoms with Crippen LogP contribution in [0.5, 0.6) is 0 Å². The Balaban J connectivity index is 0.000000231. The van der Waals surface area contributed by atoms with Crippen LogP contribution in [0.4, 0.5) is 0 Å². The minimum Gasteiger partial charge on any atom is -0.387 e. The van der Waals surface area contributed by atoms with Gasteiger partial charge in [-0.25, -0.2) is 0 Å². The Morgan fingerprint density at radius 1 is 1.04 bits per heavy atom. The molecular formula is C14H27N3O6. The molecule has 0 spiro atoms. The van der Waals surface area contributed by atoms with Crippen molar-refractivity contribution >= 4 is 11.8 Å². The Kier molecular flexibility index (Phi) is 10.5. The molecule has 0 radical (unpaired) electrons. The lowest BCUT2D eigenvalue weighted by atomic mass is 10.2. The zero-order chi connectivity index (χ0) is 16.9. The minimum absolute atomic E-state index is 0.158. The van der Waals surface area contributed by atoms with Gasteiger partial charge in [-0.15, -0.1) is 0 Å². The van der Waals surface area contributed by atoms with Gasteiger partial charge in [-0.3, -0.25) is 14.5 Å². The number of hydrogen-bond acceptors (Lipinski definition) is 7. The van der Waals surface area contributed by atoms with Crippen LogP contribution in [0.2, 0.25) is 0 Å². The van der Waals surface area contributed by atoms with Gasteiger partial charge < -0.3 is 30.3 Å². The monoisotopic (exact) mass is 333 g/mol. The summed E-state index contributed by atoms with van der Waals surface area (Å²) in [5, 5.41) is 21.9. The molecule has 1 unspecified atom stereocenters.